The third-order valence-corrected chi connectivity index (χ3v) is 7.82. The molecule has 2 aromatic rings. The van der Waals surface area contributed by atoms with Gasteiger partial charge in [0.2, 0.25) is 5.92 Å². The van der Waals surface area contributed by atoms with Crippen LogP contribution in [0.1, 0.15) is 35.2 Å². The number of hydrogen-bond acceptors (Lipinski definition) is 7. The summed E-state index contributed by atoms with van der Waals surface area (Å²) in [4.78, 5) is 19.2. The maximum Gasteiger partial charge on any atom is 0.259 e. The number of pyridine rings is 1. The van der Waals surface area contributed by atoms with Crippen LogP contribution in [-0.4, -0.2) is 55.0 Å². The Morgan fingerprint density at radius 2 is 1.88 bits per heavy atom. The highest BCUT2D eigenvalue weighted by Gasteiger charge is 2.34. The lowest BCUT2D eigenvalue weighted by Gasteiger charge is -2.25. The van der Waals surface area contributed by atoms with Crippen LogP contribution in [0.15, 0.2) is 40.3 Å². The molecule has 1 saturated heterocycles. The van der Waals surface area contributed by atoms with Gasteiger partial charge in [-0.25, -0.2) is 31.2 Å². The van der Waals surface area contributed by atoms with Gasteiger partial charge >= 0.3 is 0 Å². The molecule has 2 heterocycles. The number of nitrogens with one attached hydrogen (secondary N) is 2. The van der Waals surface area contributed by atoms with E-state index in [0.29, 0.717) is 0 Å². The molecule has 0 bridgehead atoms. The third kappa shape index (κ3) is 5.85. The van der Waals surface area contributed by atoms with E-state index >= 15 is 0 Å². The van der Waals surface area contributed by atoms with Gasteiger partial charge in [0.1, 0.15) is 5.82 Å². The number of alkyl halides is 2. The number of anilines is 2. The molecule has 12 heteroatoms. The average molecular weight is 501 g/mol. The molecule has 3 rings (SSSR count). The van der Waals surface area contributed by atoms with Gasteiger partial charge in [-0.05, 0) is 37.1 Å². The van der Waals surface area contributed by atoms with Gasteiger partial charge in [0.25, 0.3) is 5.91 Å². The van der Waals surface area contributed by atoms with Crippen molar-refractivity contribution in [3.05, 3.63) is 41.6 Å². The second-order valence-corrected chi connectivity index (χ2v) is 12.4. The molecule has 1 aromatic heterocycles. The average Bonchev–Trinajstić information content (AvgIpc) is 2.86. The van der Waals surface area contributed by atoms with E-state index in [9.17, 15) is 26.2 Å². The summed E-state index contributed by atoms with van der Waals surface area (Å²) in [5.74, 6) is -3.37. The van der Waals surface area contributed by atoms with Gasteiger partial charge in [0.15, 0.2) is 9.84 Å². The van der Waals surface area contributed by atoms with Crippen LogP contribution in [0.25, 0.3) is 0 Å². The molecule has 1 amide bonds. The molecule has 0 spiro atoms. The number of carbonyl (C=O) groups excluding carboxylic acids is 1. The first-order chi connectivity index (χ1) is 15.2. The molecule has 8 nitrogen and oxygen atoms in total. The fraction of sp³-hybridized carbons (Fsp3) is 0.429. The molecular formula is C21H26F2N4O4S2. The van der Waals surface area contributed by atoms with E-state index in [1.54, 1.807) is 17.0 Å². The van der Waals surface area contributed by atoms with E-state index in [4.69, 9.17) is 4.78 Å². The van der Waals surface area contributed by atoms with Crippen LogP contribution in [0, 0.1) is 11.7 Å². The smallest absolute Gasteiger partial charge is 0.259 e. The molecule has 0 radical (unpaired) electrons. The quantitative estimate of drug-likeness (QED) is 0.646. The number of benzene rings is 1. The minimum Gasteiger partial charge on any atom is -0.356 e. The first kappa shape index (κ1) is 25.0. The van der Waals surface area contributed by atoms with Gasteiger partial charge in [-0.2, -0.15) is 0 Å². The van der Waals surface area contributed by atoms with Crippen molar-refractivity contribution in [2.45, 2.75) is 41.9 Å². The number of aromatic nitrogens is 1. The molecule has 1 fully saturated rings. The molecule has 180 valence electrons. The number of halogens is 2. The fourth-order valence-electron chi connectivity index (χ4n) is 3.74. The maximum atomic E-state index is 13.9. The predicted molar refractivity (Wildman–Crippen MR) is 123 cm³/mol. The van der Waals surface area contributed by atoms with Gasteiger partial charge in [-0.15, -0.1) is 0 Å². The first-order valence-corrected chi connectivity index (χ1v) is 14.0. The lowest BCUT2D eigenvalue weighted by Crippen LogP contribution is -2.30. The van der Waals surface area contributed by atoms with Crippen molar-refractivity contribution in [3.8, 4) is 0 Å². The summed E-state index contributed by atoms with van der Waals surface area (Å²) in [6, 6.07) is 5.99. The van der Waals surface area contributed by atoms with E-state index in [2.05, 4.69) is 10.3 Å². The van der Waals surface area contributed by atoms with Gasteiger partial charge < -0.3 is 10.2 Å². The van der Waals surface area contributed by atoms with E-state index in [1.807, 2.05) is 0 Å². The molecule has 0 aliphatic carbocycles. The third-order valence-electron chi connectivity index (χ3n) is 5.46. The van der Waals surface area contributed by atoms with Crippen LogP contribution in [0.3, 0.4) is 0 Å². The Bertz CT molecular complexity index is 1300. The highest BCUT2D eigenvalue weighted by molar-refractivity contribution is 7.91. The Labute approximate surface area is 192 Å². The minimum absolute atomic E-state index is 0.0309. The molecule has 2 N–H and O–H groups in total. The van der Waals surface area contributed by atoms with Crippen LogP contribution < -0.4 is 10.2 Å². The Kier molecular flexibility index (Phi) is 6.81. The van der Waals surface area contributed by atoms with Crippen LogP contribution in [0.5, 0.6) is 0 Å². The molecule has 1 aliphatic heterocycles. The maximum absolute atomic E-state index is 13.9. The van der Waals surface area contributed by atoms with Crippen LogP contribution >= 0.6 is 0 Å². The molecular weight excluding hydrogens is 474 g/mol. The standard InChI is InChI=1S/C21H26F2N4O4S2/c1-14-17(33(3,30)31)13-25-19(27-10-5-8-21(22,23)9-11-27)18(14)20(28)26-15-6-4-7-16(12-15)32(2,24)29/h4,6-7,12-13,24H,5,8-11H2,1-3H3,(H,26,28). The van der Waals surface area contributed by atoms with E-state index in [-0.39, 0.29) is 58.4 Å². The zero-order chi connectivity index (χ0) is 24.6. The zero-order valence-electron chi connectivity index (χ0n) is 18.5. The first-order valence-electron chi connectivity index (χ1n) is 10.2. The summed E-state index contributed by atoms with van der Waals surface area (Å²) >= 11 is 0. The SMILES string of the molecule is Cc1c(S(C)(=O)=O)cnc(N2CCCC(F)(F)CC2)c1C(=O)Nc1cccc(S(C)(=N)=O)c1. The molecule has 1 aliphatic rings. The molecule has 33 heavy (non-hydrogen) atoms. The van der Waals surface area contributed by atoms with Crippen molar-refractivity contribution in [3.63, 3.8) is 0 Å². The Hall–Kier alpha value is -2.60. The number of nitrogens with zero attached hydrogens (tertiary/aromatic N) is 2. The van der Waals surface area contributed by atoms with Gasteiger partial charge in [-0.3, -0.25) is 4.79 Å². The summed E-state index contributed by atoms with van der Waals surface area (Å²) in [6.07, 6.45) is 2.91. The predicted octanol–water partition coefficient (Wildman–Crippen LogP) is 3.71. The number of amides is 1. The molecule has 1 atom stereocenters. The topological polar surface area (TPSA) is 120 Å². The zero-order valence-corrected chi connectivity index (χ0v) is 20.2. The van der Waals surface area contributed by atoms with Crippen molar-refractivity contribution in [1.82, 2.24) is 4.98 Å². The van der Waals surface area contributed by atoms with Crippen molar-refractivity contribution in [2.24, 2.45) is 0 Å². The van der Waals surface area contributed by atoms with E-state index in [0.717, 1.165) is 12.5 Å². The lowest BCUT2D eigenvalue weighted by atomic mass is 10.1. The van der Waals surface area contributed by atoms with Gasteiger partial charge in [-0.1, -0.05) is 6.07 Å². The lowest BCUT2D eigenvalue weighted by molar-refractivity contribution is -0.0102. The largest absolute Gasteiger partial charge is 0.356 e. The van der Waals surface area contributed by atoms with Crippen LogP contribution in [0.4, 0.5) is 20.3 Å². The second kappa shape index (κ2) is 8.98. The number of carbonyl (C=O) groups is 1. The second-order valence-electron chi connectivity index (χ2n) is 8.24. The van der Waals surface area contributed by atoms with E-state index in [1.165, 1.54) is 25.3 Å². The monoisotopic (exact) mass is 500 g/mol. The summed E-state index contributed by atoms with van der Waals surface area (Å²) in [7, 11) is -6.73. The van der Waals surface area contributed by atoms with Gasteiger partial charge in [0, 0.05) is 55.2 Å². The van der Waals surface area contributed by atoms with Crippen molar-refractivity contribution in [1.29, 1.82) is 4.78 Å². The molecule has 1 unspecified atom stereocenters. The minimum atomic E-state index is -3.71. The van der Waals surface area contributed by atoms with Crippen LogP contribution in [-0.2, 0) is 19.6 Å². The van der Waals surface area contributed by atoms with Crippen molar-refractivity contribution < 1.29 is 26.2 Å². The van der Waals surface area contributed by atoms with Gasteiger partial charge in [0.05, 0.1) is 20.2 Å². The molecule has 1 aromatic carbocycles. The summed E-state index contributed by atoms with van der Waals surface area (Å²) in [5, 5.41) is 2.64. The Morgan fingerprint density at radius 3 is 2.52 bits per heavy atom. The number of hydrogen-bond donors (Lipinski definition) is 2. The van der Waals surface area contributed by atoms with E-state index < -0.39 is 37.8 Å². The van der Waals surface area contributed by atoms with Crippen molar-refractivity contribution >= 4 is 37.0 Å². The Morgan fingerprint density at radius 1 is 1.18 bits per heavy atom. The normalized spacial score (nSPS) is 18.3. The fourth-order valence-corrected chi connectivity index (χ4v) is 5.34. The number of rotatable bonds is 5. The highest BCUT2D eigenvalue weighted by Crippen LogP contribution is 2.33. The number of sulfone groups is 1. The van der Waals surface area contributed by atoms with Crippen molar-refractivity contribution in [2.75, 3.05) is 35.8 Å². The van der Waals surface area contributed by atoms with Crippen LogP contribution in [0.2, 0.25) is 0 Å². The summed E-state index contributed by atoms with van der Waals surface area (Å²) in [5.41, 5.74) is 0.389. The molecule has 0 saturated carbocycles. The summed E-state index contributed by atoms with van der Waals surface area (Å²) in [6.45, 7) is 1.68. The highest BCUT2D eigenvalue weighted by atomic mass is 32.2. The summed E-state index contributed by atoms with van der Waals surface area (Å²) < 4.78 is 72.0. The Balaban J connectivity index is 2.07.